The van der Waals surface area contributed by atoms with Gasteiger partial charge in [-0.05, 0) is 18.2 Å². The molecule has 0 atom stereocenters. The van der Waals surface area contributed by atoms with E-state index in [0.29, 0.717) is 22.2 Å². The van der Waals surface area contributed by atoms with Crippen LogP contribution in [-0.2, 0) is 5.41 Å². The lowest BCUT2D eigenvalue weighted by Gasteiger charge is -2.19. The van der Waals surface area contributed by atoms with Crippen LogP contribution in [0.3, 0.4) is 0 Å². The van der Waals surface area contributed by atoms with E-state index >= 15 is 0 Å². The predicted molar refractivity (Wildman–Crippen MR) is 80.7 cm³/mol. The van der Waals surface area contributed by atoms with Crippen LogP contribution in [0.1, 0.15) is 26.5 Å². The van der Waals surface area contributed by atoms with Crippen LogP contribution in [0, 0.1) is 5.82 Å². The number of aromatic nitrogens is 2. The van der Waals surface area contributed by atoms with Gasteiger partial charge in [0.1, 0.15) is 11.6 Å². The minimum Gasteiger partial charge on any atom is -0.373 e. The first-order valence-corrected chi connectivity index (χ1v) is 6.71. The summed E-state index contributed by atoms with van der Waals surface area (Å²) in [7, 11) is 1.79. The van der Waals surface area contributed by atoms with Crippen molar-refractivity contribution in [3.63, 3.8) is 0 Å². The van der Waals surface area contributed by atoms with Crippen LogP contribution in [0.2, 0.25) is 5.02 Å². The highest BCUT2D eigenvalue weighted by atomic mass is 35.5. The van der Waals surface area contributed by atoms with Crippen LogP contribution in [-0.4, -0.2) is 17.0 Å². The molecular formula is C15H17ClFN3. The predicted octanol–water partition coefficient (Wildman–Crippen LogP) is 4.28. The highest BCUT2D eigenvalue weighted by molar-refractivity contribution is 6.30. The van der Waals surface area contributed by atoms with Crippen LogP contribution in [0.15, 0.2) is 24.3 Å². The maximum Gasteiger partial charge on any atom is 0.161 e. The molecule has 2 rings (SSSR count). The number of hydrogen-bond donors (Lipinski definition) is 1. The fraction of sp³-hybridized carbons (Fsp3) is 0.333. The fourth-order valence-corrected chi connectivity index (χ4v) is 1.99. The summed E-state index contributed by atoms with van der Waals surface area (Å²) in [4.78, 5) is 8.90. The fourth-order valence-electron chi connectivity index (χ4n) is 1.77. The number of benzene rings is 1. The largest absolute Gasteiger partial charge is 0.373 e. The molecule has 2 aromatic rings. The van der Waals surface area contributed by atoms with Gasteiger partial charge < -0.3 is 5.32 Å². The third kappa shape index (κ3) is 3.25. The highest BCUT2D eigenvalue weighted by Gasteiger charge is 2.18. The summed E-state index contributed by atoms with van der Waals surface area (Å²) in [5.41, 5.74) is 1.32. The average molecular weight is 294 g/mol. The van der Waals surface area contributed by atoms with Crippen LogP contribution in [0.25, 0.3) is 11.4 Å². The molecule has 0 aliphatic heterocycles. The van der Waals surface area contributed by atoms with Gasteiger partial charge in [0.2, 0.25) is 0 Å². The van der Waals surface area contributed by atoms with Crippen molar-refractivity contribution in [2.45, 2.75) is 26.2 Å². The molecular weight excluding hydrogens is 277 g/mol. The van der Waals surface area contributed by atoms with Gasteiger partial charge in [-0.2, -0.15) is 0 Å². The highest BCUT2D eigenvalue weighted by Crippen LogP contribution is 2.27. The Kier molecular flexibility index (Phi) is 3.95. The Morgan fingerprint density at radius 3 is 2.35 bits per heavy atom. The number of rotatable bonds is 2. The minimum absolute atomic E-state index is 0.125. The molecule has 5 heteroatoms. The number of nitrogens with zero attached hydrogens (tertiary/aromatic N) is 2. The normalized spacial score (nSPS) is 11.5. The summed E-state index contributed by atoms with van der Waals surface area (Å²) in [6.07, 6.45) is 0. The Morgan fingerprint density at radius 2 is 1.80 bits per heavy atom. The number of halogens is 2. The standard InChI is InChI=1S/C15H17ClFN3/c1-15(2,3)12-8-13(18-4)20-14(19-12)9-5-10(16)7-11(17)6-9/h5-8H,1-4H3,(H,18,19,20). The first-order valence-electron chi connectivity index (χ1n) is 6.33. The molecule has 3 nitrogen and oxygen atoms in total. The molecule has 106 valence electrons. The van der Waals surface area contributed by atoms with Gasteiger partial charge in [0, 0.05) is 29.1 Å². The van der Waals surface area contributed by atoms with Gasteiger partial charge in [0.25, 0.3) is 0 Å². The molecule has 0 aliphatic carbocycles. The summed E-state index contributed by atoms with van der Waals surface area (Å²) >= 11 is 5.89. The van der Waals surface area contributed by atoms with Gasteiger partial charge in [-0.1, -0.05) is 32.4 Å². The molecule has 0 saturated carbocycles. The average Bonchev–Trinajstić information content (AvgIpc) is 2.36. The summed E-state index contributed by atoms with van der Waals surface area (Å²) < 4.78 is 13.5. The van der Waals surface area contributed by atoms with E-state index in [-0.39, 0.29) is 5.41 Å². The lowest BCUT2D eigenvalue weighted by atomic mass is 9.92. The number of nitrogens with one attached hydrogen (secondary N) is 1. The van der Waals surface area contributed by atoms with E-state index in [9.17, 15) is 4.39 Å². The van der Waals surface area contributed by atoms with Crippen molar-refractivity contribution >= 4 is 17.4 Å². The summed E-state index contributed by atoms with van der Waals surface area (Å²) in [5, 5.41) is 3.33. The maximum absolute atomic E-state index is 13.5. The molecule has 0 bridgehead atoms. The Hall–Kier alpha value is -1.68. The number of hydrogen-bond acceptors (Lipinski definition) is 3. The van der Waals surface area contributed by atoms with Crippen molar-refractivity contribution in [1.29, 1.82) is 0 Å². The molecule has 0 unspecified atom stereocenters. The van der Waals surface area contributed by atoms with E-state index in [1.54, 1.807) is 13.1 Å². The summed E-state index contributed by atoms with van der Waals surface area (Å²) in [6, 6.07) is 6.20. The van der Waals surface area contributed by atoms with Crippen molar-refractivity contribution < 1.29 is 4.39 Å². The van der Waals surface area contributed by atoms with Gasteiger partial charge in [0.05, 0.1) is 5.69 Å². The van der Waals surface area contributed by atoms with Crippen LogP contribution in [0.5, 0.6) is 0 Å². The Morgan fingerprint density at radius 1 is 1.10 bits per heavy atom. The first kappa shape index (κ1) is 14.7. The van der Waals surface area contributed by atoms with Gasteiger partial charge in [-0.25, -0.2) is 14.4 Å². The van der Waals surface area contributed by atoms with E-state index in [1.165, 1.54) is 12.1 Å². The Balaban J connectivity index is 2.61. The molecule has 0 aliphatic rings. The van der Waals surface area contributed by atoms with Gasteiger partial charge in [0.15, 0.2) is 5.82 Å². The summed E-state index contributed by atoms with van der Waals surface area (Å²) in [5.74, 6) is 0.756. The molecule has 1 N–H and O–H groups in total. The zero-order valence-corrected chi connectivity index (χ0v) is 12.7. The van der Waals surface area contributed by atoms with Crippen molar-refractivity contribution in [3.8, 4) is 11.4 Å². The molecule has 0 fully saturated rings. The second kappa shape index (κ2) is 5.37. The molecule has 20 heavy (non-hydrogen) atoms. The van der Waals surface area contributed by atoms with Crippen molar-refractivity contribution in [3.05, 3.63) is 40.8 Å². The minimum atomic E-state index is -0.400. The first-order chi connectivity index (χ1) is 9.29. The monoisotopic (exact) mass is 293 g/mol. The van der Waals surface area contributed by atoms with Crippen molar-refractivity contribution in [2.24, 2.45) is 0 Å². The molecule has 0 spiro atoms. The zero-order valence-electron chi connectivity index (χ0n) is 12.0. The van der Waals surface area contributed by atoms with Gasteiger partial charge in [-0.15, -0.1) is 0 Å². The molecule has 1 aromatic heterocycles. The Labute approximate surface area is 123 Å². The topological polar surface area (TPSA) is 37.8 Å². The van der Waals surface area contributed by atoms with Crippen LogP contribution < -0.4 is 5.32 Å². The third-order valence-electron chi connectivity index (χ3n) is 2.87. The lowest BCUT2D eigenvalue weighted by Crippen LogP contribution is -2.15. The number of anilines is 1. The molecule has 0 amide bonds. The van der Waals surface area contributed by atoms with Crippen LogP contribution in [0.4, 0.5) is 10.2 Å². The van der Waals surface area contributed by atoms with Crippen molar-refractivity contribution in [2.75, 3.05) is 12.4 Å². The van der Waals surface area contributed by atoms with E-state index < -0.39 is 5.82 Å². The third-order valence-corrected chi connectivity index (χ3v) is 3.09. The SMILES string of the molecule is CNc1cc(C(C)(C)C)nc(-c2cc(F)cc(Cl)c2)n1. The lowest BCUT2D eigenvalue weighted by molar-refractivity contribution is 0.568. The second-order valence-corrected chi connectivity index (χ2v) is 6.06. The van der Waals surface area contributed by atoms with Gasteiger partial charge in [-0.3, -0.25) is 0 Å². The maximum atomic E-state index is 13.5. The Bertz CT molecular complexity index is 615. The van der Waals surface area contributed by atoms with Crippen molar-refractivity contribution in [1.82, 2.24) is 9.97 Å². The molecule has 0 radical (unpaired) electrons. The quantitative estimate of drug-likeness (QED) is 0.898. The molecule has 1 heterocycles. The molecule has 1 aromatic carbocycles. The van der Waals surface area contributed by atoms with Crippen LogP contribution >= 0.6 is 11.6 Å². The van der Waals surface area contributed by atoms with E-state index in [4.69, 9.17) is 11.6 Å². The summed E-state index contributed by atoms with van der Waals surface area (Å²) in [6.45, 7) is 6.20. The zero-order chi connectivity index (χ0) is 14.9. The molecule has 0 saturated heterocycles. The van der Waals surface area contributed by atoms with Gasteiger partial charge >= 0.3 is 0 Å². The van der Waals surface area contributed by atoms with E-state index in [1.807, 2.05) is 6.07 Å². The van der Waals surface area contributed by atoms with E-state index in [2.05, 4.69) is 36.1 Å². The van der Waals surface area contributed by atoms with E-state index in [0.717, 1.165) is 5.69 Å². The smallest absolute Gasteiger partial charge is 0.161 e. The second-order valence-electron chi connectivity index (χ2n) is 5.62.